The van der Waals surface area contributed by atoms with Gasteiger partial charge >= 0.3 is 6.61 Å². The summed E-state index contributed by atoms with van der Waals surface area (Å²) in [5.74, 6) is 1.09. The third-order valence-corrected chi connectivity index (χ3v) is 2.24. The number of alkyl halides is 2. The fraction of sp³-hybridized carbons (Fsp3) is 0.455. The van der Waals surface area contributed by atoms with Crippen molar-refractivity contribution in [2.45, 2.75) is 19.5 Å². The van der Waals surface area contributed by atoms with Crippen LogP contribution in [0.5, 0.6) is 11.5 Å². The van der Waals surface area contributed by atoms with Gasteiger partial charge in [-0.1, -0.05) is 12.1 Å². The zero-order valence-corrected chi connectivity index (χ0v) is 8.16. The SMILES string of the molecule is FC(F)Oc1ccccc1OCC1CC1. The molecule has 0 radical (unpaired) electrons. The summed E-state index contributed by atoms with van der Waals surface area (Å²) in [6, 6.07) is 6.50. The van der Waals surface area contributed by atoms with Gasteiger partial charge in [-0.05, 0) is 30.9 Å². The number of hydrogen-bond acceptors (Lipinski definition) is 2. The van der Waals surface area contributed by atoms with Crippen molar-refractivity contribution in [3.63, 3.8) is 0 Å². The van der Waals surface area contributed by atoms with E-state index in [0.29, 0.717) is 18.3 Å². The van der Waals surface area contributed by atoms with Gasteiger partial charge in [0.05, 0.1) is 6.61 Å². The van der Waals surface area contributed by atoms with Gasteiger partial charge < -0.3 is 9.47 Å². The molecular weight excluding hydrogens is 202 g/mol. The maximum atomic E-state index is 12.0. The van der Waals surface area contributed by atoms with E-state index in [-0.39, 0.29) is 5.75 Å². The Bertz CT molecular complexity index is 324. The maximum absolute atomic E-state index is 12.0. The Morgan fingerprint density at radius 1 is 1.20 bits per heavy atom. The largest absolute Gasteiger partial charge is 0.489 e. The zero-order valence-electron chi connectivity index (χ0n) is 8.16. The molecule has 2 nitrogen and oxygen atoms in total. The summed E-state index contributed by atoms with van der Waals surface area (Å²) >= 11 is 0. The topological polar surface area (TPSA) is 18.5 Å². The smallest absolute Gasteiger partial charge is 0.387 e. The highest BCUT2D eigenvalue weighted by Gasteiger charge is 2.22. The van der Waals surface area contributed by atoms with Crippen molar-refractivity contribution < 1.29 is 18.3 Å². The van der Waals surface area contributed by atoms with E-state index in [9.17, 15) is 8.78 Å². The van der Waals surface area contributed by atoms with Gasteiger partial charge in [-0.25, -0.2) is 0 Å². The Labute approximate surface area is 86.8 Å². The first kappa shape index (κ1) is 10.2. The molecule has 1 saturated carbocycles. The summed E-state index contributed by atoms with van der Waals surface area (Å²) in [5, 5.41) is 0. The number of ether oxygens (including phenoxy) is 2. The molecule has 2 rings (SSSR count). The maximum Gasteiger partial charge on any atom is 0.387 e. The van der Waals surface area contributed by atoms with Gasteiger partial charge in [-0.3, -0.25) is 0 Å². The van der Waals surface area contributed by atoms with E-state index in [4.69, 9.17) is 4.74 Å². The summed E-state index contributed by atoms with van der Waals surface area (Å²) < 4.78 is 33.8. The van der Waals surface area contributed by atoms with E-state index < -0.39 is 6.61 Å². The molecule has 1 aliphatic carbocycles. The van der Waals surface area contributed by atoms with Crippen LogP contribution >= 0.6 is 0 Å². The highest BCUT2D eigenvalue weighted by atomic mass is 19.3. The molecule has 0 aromatic heterocycles. The second-order valence-corrected chi connectivity index (χ2v) is 3.58. The first-order valence-electron chi connectivity index (χ1n) is 4.92. The average Bonchev–Trinajstić information content (AvgIpc) is 2.99. The van der Waals surface area contributed by atoms with Gasteiger partial charge in [0.15, 0.2) is 11.5 Å². The van der Waals surface area contributed by atoms with Crippen molar-refractivity contribution in [2.75, 3.05) is 6.61 Å². The molecule has 0 amide bonds. The van der Waals surface area contributed by atoms with Gasteiger partial charge in [-0.15, -0.1) is 0 Å². The monoisotopic (exact) mass is 214 g/mol. The third kappa shape index (κ3) is 3.08. The van der Waals surface area contributed by atoms with Crippen LogP contribution in [0.2, 0.25) is 0 Å². The zero-order chi connectivity index (χ0) is 10.7. The number of halogens is 2. The normalized spacial score (nSPS) is 15.4. The predicted molar refractivity (Wildman–Crippen MR) is 51.3 cm³/mol. The Kier molecular flexibility index (Phi) is 3.04. The molecule has 15 heavy (non-hydrogen) atoms. The van der Waals surface area contributed by atoms with Crippen molar-refractivity contribution in [1.29, 1.82) is 0 Å². The molecule has 4 heteroatoms. The van der Waals surface area contributed by atoms with Crippen LogP contribution in [0.15, 0.2) is 24.3 Å². The van der Waals surface area contributed by atoms with Gasteiger partial charge in [0.1, 0.15) is 0 Å². The van der Waals surface area contributed by atoms with Crippen LogP contribution in [-0.4, -0.2) is 13.2 Å². The van der Waals surface area contributed by atoms with Crippen LogP contribution in [0.25, 0.3) is 0 Å². The Morgan fingerprint density at radius 3 is 2.47 bits per heavy atom. The summed E-state index contributed by atoms with van der Waals surface area (Å²) in [6.07, 6.45) is 2.33. The summed E-state index contributed by atoms with van der Waals surface area (Å²) in [7, 11) is 0. The highest BCUT2D eigenvalue weighted by molar-refractivity contribution is 5.39. The van der Waals surface area contributed by atoms with Gasteiger partial charge in [0, 0.05) is 0 Å². The van der Waals surface area contributed by atoms with E-state index in [1.54, 1.807) is 18.2 Å². The average molecular weight is 214 g/mol. The van der Waals surface area contributed by atoms with Crippen LogP contribution in [0.3, 0.4) is 0 Å². The lowest BCUT2D eigenvalue weighted by Gasteiger charge is -2.11. The highest BCUT2D eigenvalue weighted by Crippen LogP contribution is 2.33. The van der Waals surface area contributed by atoms with Crippen molar-refractivity contribution in [3.05, 3.63) is 24.3 Å². The van der Waals surface area contributed by atoms with Gasteiger partial charge in [-0.2, -0.15) is 8.78 Å². The molecule has 1 aromatic carbocycles. The van der Waals surface area contributed by atoms with Crippen LogP contribution in [0, 0.1) is 5.92 Å². The molecule has 1 aromatic rings. The number of hydrogen-bond donors (Lipinski definition) is 0. The standard InChI is InChI=1S/C11H12F2O2/c12-11(13)15-10-4-2-1-3-9(10)14-7-8-5-6-8/h1-4,8,11H,5-7H2. The minimum atomic E-state index is -2.81. The second kappa shape index (κ2) is 4.47. The molecule has 1 fully saturated rings. The van der Waals surface area contributed by atoms with Crippen LogP contribution in [-0.2, 0) is 0 Å². The van der Waals surface area contributed by atoms with Gasteiger partial charge in [0.2, 0.25) is 0 Å². The second-order valence-electron chi connectivity index (χ2n) is 3.58. The van der Waals surface area contributed by atoms with E-state index in [2.05, 4.69) is 4.74 Å². The summed E-state index contributed by atoms with van der Waals surface area (Å²) in [6.45, 7) is -2.22. The number of para-hydroxylation sites is 2. The lowest BCUT2D eigenvalue weighted by atomic mass is 10.3. The molecule has 0 aliphatic heterocycles. The quantitative estimate of drug-likeness (QED) is 0.749. The predicted octanol–water partition coefficient (Wildman–Crippen LogP) is 3.08. The molecule has 0 spiro atoms. The Balaban J connectivity index is 1.99. The fourth-order valence-electron chi connectivity index (χ4n) is 1.25. The molecule has 82 valence electrons. The molecule has 0 bridgehead atoms. The lowest BCUT2D eigenvalue weighted by molar-refractivity contribution is -0.0515. The molecule has 0 N–H and O–H groups in total. The molecule has 0 saturated heterocycles. The van der Waals surface area contributed by atoms with Crippen LogP contribution in [0.1, 0.15) is 12.8 Å². The third-order valence-electron chi connectivity index (χ3n) is 2.24. The lowest BCUT2D eigenvalue weighted by Crippen LogP contribution is -2.05. The van der Waals surface area contributed by atoms with Crippen molar-refractivity contribution >= 4 is 0 Å². The minimum Gasteiger partial charge on any atom is -0.489 e. The van der Waals surface area contributed by atoms with Crippen molar-refractivity contribution in [3.8, 4) is 11.5 Å². The Morgan fingerprint density at radius 2 is 1.87 bits per heavy atom. The van der Waals surface area contributed by atoms with Crippen molar-refractivity contribution in [2.24, 2.45) is 5.92 Å². The fourth-order valence-corrected chi connectivity index (χ4v) is 1.25. The molecule has 0 unspecified atom stereocenters. The van der Waals surface area contributed by atoms with Crippen molar-refractivity contribution in [1.82, 2.24) is 0 Å². The van der Waals surface area contributed by atoms with Crippen LogP contribution in [0.4, 0.5) is 8.78 Å². The summed E-state index contributed by atoms with van der Waals surface area (Å²) in [4.78, 5) is 0. The van der Waals surface area contributed by atoms with E-state index in [0.717, 1.165) is 12.8 Å². The minimum absolute atomic E-state index is 0.105. The molecule has 1 aliphatic rings. The number of benzene rings is 1. The van der Waals surface area contributed by atoms with Gasteiger partial charge in [0.25, 0.3) is 0 Å². The first-order chi connectivity index (χ1) is 7.25. The molecular formula is C11H12F2O2. The summed E-state index contributed by atoms with van der Waals surface area (Å²) in [5.41, 5.74) is 0. The van der Waals surface area contributed by atoms with E-state index in [1.807, 2.05) is 0 Å². The molecule has 0 heterocycles. The first-order valence-corrected chi connectivity index (χ1v) is 4.92. The van der Waals surface area contributed by atoms with Crippen LogP contribution < -0.4 is 9.47 Å². The van der Waals surface area contributed by atoms with E-state index in [1.165, 1.54) is 6.07 Å². The van der Waals surface area contributed by atoms with E-state index >= 15 is 0 Å². The molecule has 0 atom stereocenters. The Hall–Kier alpha value is -1.32. The number of rotatable bonds is 5.